The zero-order valence-corrected chi connectivity index (χ0v) is 17.4. The number of ether oxygens (including phenoxy) is 1. The van der Waals surface area contributed by atoms with E-state index < -0.39 is 23.8 Å². The largest absolute Gasteiger partial charge is 0.497 e. The third-order valence-corrected chi connectivity index (χ3v) is 4.60. The normalized spacial score (nSPS) is 11.8. The van der Waals surface area contributed by atoms with Crippen LogP contribution in [0.3, 0.4) is 0 Å². The van der Waals surface area contributed by atoms with Crippen LogP contribution < -0.4 is 15.4 Å². The molecule has 1 aromatic heterocycles. The van der Waals surface area contributed by atoms with Gasteiger partial charge < -0.3 is 19.9 Å². The van der Waals surface area contributed by atoms with Crippen molar-refractivity contribution in [1.29, 1.82) is 0 Å². The fourth-order valence-corrected chi connectivity index (χ4v) is 2.97. The summed E-state index contributed by atoms with van der Waals surface area (Å²) in [6.07, 6.45) is -1.03. The number of aryl methyl sites for hydroxylation is 1. The van der Waals surface area contributed by atoms with Crippen molar-refractivity contribution in [3.63, 3.8) is 0 Å². The molecule has 166 valence electrons. The Kier molecular flexibility index (Phi) is 7.05. The number of carbonyl (C=O) groups excluding carboxylic acids is 1. The predicted octanol–water partition coefficient (Wildman–Crippen LogP) is 3.89. The highest BCUT2D eigenvalue weighted by molar-refractivity contribution is 5.75. The first-order valence-corrected chi connectivity index (χ1v) is 9.59. The Hall–Kier alpha value is -3.93. The van der Waals surface area contributed by atoms with Gasteiger partial charge in [0.1, 0.15) is 17.6 Å². The van der Waals surface area contributed by atoms with Crippen LogP contribution in [-0.4, -0.2) is 29.2 Å². The summed E-state index contributed by atoms with van der Waals surface area (Å²) in [5.41, 5.74) is 0.240. The van der Waals surface area contributed by atoms with Crippen molar-refractivity contribution in [2.24, 2.45) is 7.05 Å². The Labute approximate surface area is 183 Å². The molecule has 2 N–H and O–H groups in total. The molecule has 0 aliphatic rings. The van der Waals surface area contributed by atoms with Crippen LogP contribution in [0.1, 0.15) is 28.6 Å². The topological polar surface area (TPSA) is 68.2 Å². The van der Waals surface area contributed by atoms with Gasteiger partial charge in [-0.15, -0.1) is 0 Å². The summed E-state index contributed by atoms with van der Waals surface area (Å²) >= 11 is 0. The van der Waals surface area contributed by atoms with Crippen LogP contribution in [0.2, 0.25) is 0 Å². The van der Waals surface area contributed by atoms with Crippen LogP contribution >= 0.6 is 0 Å². The number of benzene rings is 2. The molecule has 6 nitrogen and oxygen atoms in total. The fourth-order valence-electron chi connectivity index (χ4n) is 2.97. The molecule has 2 aromatic carbocycles. The minimum absolute atomic E-state index is 0.0437. The van der Waals surface area contributed by atoms with E-state index in [0.29, 0.717) is 11.6 Å². The molecule has 0 radical (unpaired) electrons. The van der Waals surface area contributed by atoms with Gasteiger partial charge in [-0.25, -0.2) is 9.78 Å². The molecular formula is C23H21F3N4O2. The van der Waals surface area contributed by atoms with E-state index in [4.69, 9.17) is 4.74 Å². The number of hydrogen-bond acceptors (Lipinski definition) is 3. The maximum atomic E-state index is 12.8. The van der Waals surface area contributed by atoms with Crippen LogP contribution in [0.15, 0.2) is 60.9 Å². The third kappa shape index (κ3) is 5.82. The van der Waals surface area contributed by atoms with E-state index in [1.807, 2.05) is 19.2 Å². The van der Waals surface area contributed by atoms with Crippen molar-refractivity contribution in [3.8, 4) is 17.6 Å². The first-order valence-electron chi connectivity index (χ1n) is 9.59. The van der Waals surface area contributed by atoms with Crippen LogP contribution in [0.25, 0.3) is 0 Å². The van der Waals surface area contributed by atoms with Gasteiger partial charge in [-0.05, 0) is 35.9 Å². The zero-order chi connectivity index (χ0) is 23.1. The van der Waals surface area contributed by atoms with E-state index in [0.717, 1.165) is 17.7 Å². The summed E-state index contributed by atoms with van der Waals surface area (Å²) in [4.78, 5) is 16.8. The van der Waals surface area contributed by atoms with Crippen LogP contribution in [-0.2, 0) is 13.2 Å². The highest BCUT2D eigenvalue weighted by Crippen LogP contribution is 2.29. The molecule has 32 heavy (non-hydrogen) atoms. The molecule has 9 heteroatoms. The van der Waals surface area contributed by atoms with Gasteiger partial charge in [-0.2, -0.15) is 13.2 Å². The number of methoxy groups -OCH3 is 1. The first-order chi connectivity index (χ1) is 15.3. The van der Waals surface area contributed by atoms with Gasteiger partial charge in [0.2, 0.25) is 0 Å². The maximum Gasteiger partial charge on any atom is 0.416 e. The Balaban J connectivity index is 1.66. The average Bonchev–Trinajstić information content (AvgIpc) is 3.20. The molecule has 0 bridgehead atoms. The van der Waals surface area contributed by atoms with E-state index in [2.05, 4.69) is 27.5 Å². The lowest BCUT2D eigenvalue weighted by Crippen LogP contribution is -2.39. The van der Waals surface area contributed by atoms with Gasteiger partial charge in [0, 0.05) is 25.0 Å². The number of nitrogens with zero attached hydrogens (tertiary/aromatic N) is 2. The van der Waals surface area contributed by atoms with Crippen LogP contribution in [0, 0.1) is 11.8 Å². The van der Waals surface area contributed by atoms with E-state index >= 15 is 0 Å². The number of imidazole rings is 1. The first kappa shape index (κ1) is 22.7. The molecule has 0 fully saturated rings. The van der Waals surface area contributed by atoms with Gasteiger partial charge in [0.15, 0.2) is 0 Å². The van der Waals surface area contributed by atoms with Gasteiger partial charge in [-0.3, -0.25) is 0 Å². The molecule has 0 saturated carbocycles. The number of alkyl halides is 3. The molecule has 0 saturated heterocycles. The molecule has 0 spiro atoms. The number of amides is 2. The minimum Gasteiger partial charge on any atom is -0.497 e. The third-order valence-electron chi connectivity index (χ3n) is 4.60. The van der Waals surface area contributed by atoms with E-state index in [9.17, 15) is 18.0 Å². The number of rotatable bonds is 5. The van der Waals surface area contributed by atoms with E-state index in [1.165, 1.54) is 12.1 Å². The smallest absolute Gasteiger partial charge is 0.416 e. The zero-order valence-electron chi connectivity index (χ0n) is 17.4. The Morgan fingerprint density at radius 1 is 1.22 bits per heavy atom. The standard InChI is InChI=1S/C23H21F3N4O2/c1-30-14-13-27-21(30)20(17-8-10-19(32-2)11-9-17)29-22(31)28-12-4-6-16-5-3-7-18(15-16)23(24,25)26/h3,5,7-11,13-15,20H,12H2,1-2H3,(H2,28,29,31). The molecule has 1 atom stereocenters. The van der Waals surface area contributed by atoms with Crippen molar-refractivity contribution >= 4 is 6.03 Å². The number of halogens is 3. The molecule has 1 heterocycles. The number of carbonyl (C=O) groups is 1. The van der Waals surface area contributed by atoms with Crippen LogP contribution in [0.5, 0.6) is 5.75 Å². The Morgan fingerprint density at radius 3 is 2.59 bits per heavy atom. The van der Waals surface area contributed by atoms with Crippen molar-refractivity contribution < 1.29 is 22.7 Å². The van der Waals surface area contributed by atoms with E-state index in [-0.39, 0.29) is 12.1 Å². The molecule has 2 amide bonds. The predicted molar refractivity (Wildman–Crippen MR) is 113 cm³/mol. The lowest BCUT2D eigenvalue weighted by atomic mass is 10.1. The lowest BCUT2D eigenvalue weighted by Gasteiger charge is -2.19. The highest BCUT2D eigenvalue weighted by Gasteiger charge is 2.30. The fraction of sp³-hybridized carbons (Fsp3) is 0.217. The van der Waals surface area contributed by atoms with Gasteiger partial charge >= 0.3 is 12.2 Å². The minimum atomic E-state index is -4.43. The second-order valence-electron chi connectivity index (χ2n) is 6.81. The summed E-state index contributed by atoms with van der Waals surface area (Å²) in [5.74, 6) is 6.59. The van der Waals surface area contributed by atoms with Gasteiger partial charge in [-0.1, -0.05) is 30.0 Å². The number of hydrogen-bond donors (Lipinski definition) is 2. The number of urea groups is 1. The number of aromatic nitrogens is 2. The van der Waals surface area contributed by atoms with Gasteiger partial charge in [0.25, 0.3) is 0 Å². The van der Waals surface area contributed by atoms with Crippen molar-refractivity contribution in [2.45, 2.75) is 12.2 Å². The van der Waals surface area contributed by atoms with E-state index in [1.54, 1.807) is 36.2 Å². The quantitative estimate of drug-likeness (QED) is 0.590. The second-order valence-corrected chi connectivity index (χ2v) is 6.81. The van der Waals surface area contributed by atoms with Crippen molar-refractivity contribution in [2.75, 3.05) is 13.7 Å². The molecular weight excluding hydrogens is 421 g/mol. The van der Waals surface area contributed by atoms with Crippen molar-refractivity contribution in [3.05, 3.63) is 83.4 Å². The lowest BCUT2D eigenvalue weighted by molar-refractivity contribution is -0.137. The number of nitrogens with one attached hydrogen (secondary N) is 2. The molecule has 3 rings (SSSR count). The summed E-state index contributed by atoms with van der Waals surface area (Å²) in [6.45, 7) is -0.0437. The molecule has 1 unspecified atom stereocenters. The van der Waals surface area contributed by atoms with Crippen LogP contribution in [0.4, 0.5) is 18.0 Å². The van der Waals surface area contributed by atoms with Gasteiger partial charge in [0.05, 0.1) is 19.2 Å². The summed E-state index contributed by atoms with van der Waals surface area (Å²) < 4.78 is 45.3. The average molecular weight is 442 g/mol. The highest BCUT2D eigenvalue weighted by atomic mass is 19.4. The molecule has 0 aliphatic heterocycles. The Bertz CT molecular complexity index is 1130. The Morgan fingerprint density at radius 2 is 1.97 bits per heavy atom. The summed E-state index contributed by atoms with van der Waals surface area (Å²) in [6, 6.07) is 10.9. The second kappa shape index (κ2) is 9.92. The summed E-state index contributed by atoms with van der Waals surface area (Å²) in [5, 5.41) is 5.45. The summed E-state index contributed by atoms with van der Waals surface area (Å²) in [7, 11) is 3.39. The maximum absolute atomic E-state index is 12.8. The SMILES string of the molecule is COc1ccc(C(NC(=O)NCC#Cc2cccc(C(F)(F)F)c2)c2nccn2C)cc1. The van der Waals surface area contributed by atoms with Crippen molar-refractivity contribution in [1.82, 2.24) is 20.2 Å². The molecule has 3 aromatic rings. The monoisotopic (exact) mass is 442 g/mol. The molecule has 0 aliphatic carbocycles.